The highest BCUT2D eigenvalue weighted by Gasteiger charge is 2.39. The Hall–Kier alpha value is -4.11. The van der Waals surface area contributed by atoms with Gasteiger partial charge in [0.1, 0.15) is 17.8 Å². The molecule has 0 saturated carbocycles. The molecule has 0 aromatic heterocycles. The van der Waals surface area contributed by atoms with Gasteiger partial charge in [-0.2, -0.15) is 12.6 Å². The summed E-state index contributed by atoms with van der Waals surface area (Å²) in [7, 11) is 0. The molecule has 8 heteroatoms. The average Bonchev–Trinajstić information content (AvgIpc) is 2.96. The first-order chi connectivity index (χ1) is 18.8. The second-order valence-electron chi connectivity index (χ2n) is 8.88. The van der Waals surface area contributed by atoms with E-state index in [2.05, 4.69) is 17.9 Å². The number of phenols is 1. The van der Waals surface area contributed by atoms with E-state index in [1.54, 1.807) is 12.1 Å². The predicted octanol–water partition coefficient (Wildman–Crippen LogP) is 4.30. The van der Waals surface area contributed by atoms with Gasteiger partial charge in [-0.05, 0) is 40.8 Å². The zero-order valence-corrected chi connectivity index (χ0v) is 22.1. The van der Waals surface area contributed by atoms with Gasteiger partial charge in [-0.1, -0.05) is 103 Å². The van der Waals surface area contributed by atoms with Crippen LogP contribution in [-0.4, -0.2) is 45.1 Å². The smallest absolute Gasteiger partial charge is 0.321 e. The van der Waals surface area contributed by atoms with Gasteiger partial charge in [-0.25, -0.2) is 0 Å². The summed E-state index contributed by atoms with van der Waals surface area (Å²) in [5, 5.41) is 30.5. The molecule has 0 aliphatic heterocycles. The third-order valence-electron chi connectivity index (χ3n) is 6.20. The highest BCUT2D eigenvalue weighted by atomic mass is 32.1. The minimum Gasteiger partial charge on any atom is -0.508 e. The maximum atomic E-state index is 11.8. The van der Waals surface area contributed by atoms with Crippen LogP contribution in [0, 0.1) is 0 Å². The molecule has 0 heterocycles. The summed E-state index contributed by atoms with van der Waals surface area (Å²) in [5.74, 6) is -1.60. The lowest BCUT2D eigenvalue weighted by Crippen LogP contribution is -2.53. The quantitative estimate of drug-likeness (QED) is 0.130. The van der Waals surface area contributed by atoms with Gasteiger partial charge in [0, 0.05) is 5.75 Å². The molecule has 0 unspecified atom stereocenters. The molecule has 0 saturated heterocycles. The number of nitrogens with one attached hydrogen (secondary N) is 1. The van der Waals surface area contributed by atoms with Crippen molar-refractivity contribution in [3.05, 3.63) is 138 Å². The number of benzene rings is 4. The molecule has 0 spiro atoms. The molecule has 4 aromatic carbocycles. The number of thiol groups is 1. The van der Waals surface area contributed by atoms with Crippen molar-refractivity contribution in [3.63, 3.8) is 0 Å². The fraction of sp³-hybridized carbons (Fsp3) is 0.161. The topological polar surface area (TPSA) is 133 Å². The molecule has 4 rings (SSSR count). The van der Waals surface area contributed by atoms with E-state index < -0.39 is 29.6 Å². The number of rotatable bonds is 10. The molecule has 2 atom stereocenters. The molecule has 0 amide bonds. The van der Waals surface area contributed by atoms with Crippen molar-refractivity contribution in [1.82, 2.24) is 5.32 Å². The fourth-order valence-corrected chi connectivity index (χ4v) is 4.48. The van der Waals surface area contributed by atoms with Gasteiger partial charge in [0.05, 0.1) is 5.54 Å². The van der Waals surface area contributed by atoms with Crippen molar-refractivity contribution in [2.24, 2.45) is 5.73 Å². The van der Waals surface area contributed by atoms with Crippen molar-refractivity contribution in [2.75, 3.05) is 5.75 Å². The van der Waals surface area contributed by atoms with E-state index in [0.717, 1.165) is 22.3 Å². The molecule has 0 bridgehead atoms. The van der Waals surface area contributed by atoms with Gasteiger partial charge in [0.25, 0.3) is 0 Å². The maximum absolute atomic E-state index is 11.8. The molecule has 7 nitrogen and oxygen atoms in total. The van der Waals surface area contributed by atoms with Crippen LogP contribution >= 0.6 is 12.6 Å². The second kappa shape index (κ2) is 14.2. The molecule has 0 fully saturated rings. The summed E-state index contributed by atoms with van der Waals surface area (Å²) in [6.07, 6.45) is 0.273. The van der Waals surface area contributed by atoms with Crippen LogP contribution in [0.15, 0.2) is 115 Å². The van der Waals surface area contributed by atoms with Gasteiger partial charge in [0.2, 0.25) is 0 Å². The molecule has 4 aromatic rings. The van der Waals surface area contributed by atoms with Crippen molar-refractivity contribution < 1.29 is 24.9 Å². The molecule has 0 aliphatic rings. The monoisotopic (exact) mass is 544 g/mol. The van der Waals surface area contributed by atoms with Crippen LogP contribution in [-0.2, 0) is 21.5 Å². The van der Waals surface area contributed by atoms with Crippen molar-refractivity contribution in [1.29, 1.82) is 0 Å². The van der Waals surface area contributed by atoms with Crippen LogP contribution in [0.25, 0.3) is 0 Å². The zero-order valence-electron chi connectivity index (χ0n) is 21.2. The van der Waals surface area contributed by atoms with Crippen LogP contribution in [0.2, 0.25) is 0 Å². The number of carbonyl (C=O) groups is 2. The summed E-state index contributed by atoms with van der Waals surface area (Å²) in [5.41, 5.74) is 8.26. The molecule has 6 N–H and O–H groups in total. The van der Waals surface area contributed by atoms with Crippen molar-refractivity contribution in [2.45, 2.75) is 24.0 Å². The fourth-order valence-electron chi connectivity index (χ4n) is 4.23. The Morgan fingerprint density at radius 3 is 1.46 bits per heavy atom. The Kier molecular flexibility index (Phi) is 10.7. The summed E-state index contributed by atoms with van der Waals surface area (Å²) in [4.78, 5) is 22.2. The maximum Gasteiger partial charge on any atom is 0.321 e. The summed E-state index contributed by atoms with van der Waals surface area (Å²) >= 11 is 4.26. The van der Waals surface area contributed by atoms with Gasteiger partial charge >= 0.3 is 11.9 Å². The van der Waals surface area contributed by atoms with E-state index in [0.29, 0.717) is 0 Å². The van der Waals surface area contributed by atoms with E-state index in [4.69, 9.17) is 15.9 Å². The van der Waals surface area contributed by atoms with Crippen LogP contribution < -0.4 is 11.1 Å². The van der Waals surface area contributed by atoms with Crippen LogP contribution in [0.5, 0.6) is 5.75 Å². The Balaban J connectivity index is 0.000000272. The lowest BCUT2D eigenvalue weighted by atomic mass is 9.76. The molecule has 0 aliphatic carbocycles. The average molecular weight is 545 g/mol. The lowest BCUT2D eigenvalue weighted by Gasteiger charge is -2.39. The van der Waals surface area contributed by atoms with Gasteiger partial charge in [0.15, 0.2) is 0 Å². The number of carboxylic acid groups (broad SMARTS) is 2. The highest BCUT2D eigenvalue weighted by molar-refractivity contribution is 7.80. The normalized spacial score (nSPS) is 12.5. The summed E-state index contributed by atoms with van der Waals surface area (Å²) in [6.45, 7) is 0. The Labute approximate surface area is 233 Å². The second-order valence-corrected chi connectivity index (χ2v) is 9.25. The standard InChI is InChI=1S/C22H21NO2S.C9H11NO3/c24-21(25)20(16-26)23-22(17-10-4-1-5-11-17,18-12-6-2-7-13-18)19-14-8-3-9-15-19;10-8(9(12)13)5-6-1-3-7(11)4-2-6/h1-15,20,23,26H,16H2,(H,24,25);1-4,8,11H,5,10H2,(H,12,13)/t20-;8-/m00/s1. The third-order valence-corrected chi connectivity index (χ3v) is 6.57. The number of hydrogen-bond donors (Lipinski definition) is 6. The van der Waals surface area contributed by atoms with Gasteiger partial charge in [-0.15, -0.1) is 0 Å². The van der Waals surface area contributed by atoms with E-state index in [1.165, 1.54) is 12.1 Å². The third kappa shape index (κ3) is 7.70. The summed E-state index contributed by atoms with van der Waals surface area (Å²) in [6, 6.07) is 34.4. The minimum absolute atomic E-state index is 0.160. The Bertz CT molecular complexity index is 1220. The largest absolute Gasteiger partial charge is 0.508 e. The van der Waals surface area contributed by atoms with Crippen LogP contribution in [0.3, 0.4) is 0 Å². The molecule has 0 radical (unpaired) electrons. The van der Waals surface area contributed by atoms with Crippen molar-refractivity contribution in [3.8, 4) is 5.75 Å². The number of nitrogens with two attached hydrogens (primary N) is 1. The van der Waals surface area contributed by atoms with E-state index in [9.17, 15) is 14.7 Å². The Morgan fingerprint density at radius 2 is 1.13 bits per heavy atom. The molecule has 39 heavy (non-hydrogen) atoms. The van der Waals surface area contributed by atoms with E-state index >= 15 is 0 Å². The molecule has 202 valence electrons. The lowest BCUT2D eigenvalue weighted by molar-refractivity contribution is -0.139. The SMILES string of the molecule is N[C@@H](Cc1ccc(O)cc1)C(=O)O.O=C(O)[C@H](CS)NC(c1ccccc1)(c1ccccc1)c1ccccc1. The number of phenolic OH excluding ortho intramolecular Hbond substituents is 1. The van der Waals surface area contributed by atoms with E-state index in [-0.39, 0.29) is 17.9 Å². The Morgan fingerprint density at radius 1 is 0.718 bits per heavy atom. The predicted molar refractivity (Wildman–Crippen MR) is 155 cm³/mol. The minimum atomic E-state index is -1.02. The number of carboxylic acids is 2. The van der Waals surface area contributed by atoms with Crippen LogP contribution in [0.4, 0.5) is 0 Å². The van der Waals surface area contributed by atoms with Crippen LogP contribution in [0.1, 0.15) is 22.3 Å². The van der Waals surface area contributed by atoms with Crippen molar-refractivity contribution >= 4 is 24.6 Å². The van der Waals surface area contributed by atoms with Gasteiger partial charge < -0.3 is 21.1 Å². The number of aliphatic carboxylic acids is 2. The number of hydrogen-bond acceptors (Lipinski definition) is 6. The number of aromatic hydroxyl groups is 1. The van der Waals surface area contributed by atoms with E-state index in [1.807, 2.05) is 91.0 Å². The molecular formula is C31H32N2O5S. The zero-order chi connectivity index (χ0) is 28.3. The molecular weight excluding hydrogens is 512 g/mol. The van der Waals surface area contributed by atoms with Gasteiger partial charge in [-0.3, -0.25) is 14.9 Å². The highest BCUT2D eigenvalue weighted by Crippen LogP contribution is 2.37. The first-order valence-corrected chi connectivity index (χ1v) is 13.0. The first-order valence-electron chi connectivity index (χ1n) is 12.3. The first kappa shape index (κ1) is 29.4. The summed E-state index contributed by atoms with van der Waals surface area (Å²) < 4.78 is 0.